The molecule has 0 radical (unpaired) electrons. The number of nitrogens with zero attached hydrogens (tertiary/aromatic N) is 1. The molecule has 10 heteroatoms. The fourth-order valence-electron chi connectivity index (χ4n) is 1.68. The number of aromatic amines is 1. The van der Waals surface area contributed by atoms with Crippen LogP contribution in [0, 0.1) is 11.6 Å². The predicted octanol–water partition coefficient (Wildman–Crippen LogP) is -0.00330. The molecule has 1 aromatic carbocycles. The number of carbonyl (C=O) groups excluding carboxylic acids is 2. The fourth-order valence-corrected chi connectivity index (χ4v) is 1.68. The smallest absolute Gasteiger partial charge is 0.328 e. The highest BCUT2D eigenvalue weighted by molar-refractivity contribution is 5.92. The number of hydrogen-bond donors (Lipinski definition) is 2. The number of nitrogens with one attached hydrogen (secondary N) is 2. The number of ether oxygens (including phenoxy) is 1. The molecule has 0 saturated heterocycles. The van der Waals surface area contributed by atoms with Crippen LogP contribution in [0.4, 0.5) is 14.5 Å². The third kappa shape index (κ3) is 4.60. The molecule has 0 spiro atoms. The Hall–Kier alpha value is -3.30. The summed E-state index contributed by atoms with van der Waals surface area (Å²) in [7, 11) is 0. The molecule has 0 aliphatic carbocycles. The molecule has 24 heavy (non-hydrogen) atoms. The molecule has 8 nitrogen and oxygen atoms in total. The molecule has 0 aliphatic rings. The minimum Gasteiger partial charge on any atom is -0.454 e. The Labute approximate surface area is 132 Å². The summed E-state index contributed by atoms with van der Waals surface area (Å²) in [6, 6.07) is 3.60. The molecule has 2 N–H and O–H groups in total. The van der Waals surface area contributed by atoms with Crippen molar-refractivity contribution in [2.75, 3.05) is 11.9 Å². The first-order chi connectivity index (χ1) is 11.3. The maximum Gasteiger partial charge on any atom is 0.328 e. The van der Waals surface area contributed by atoms with Gasteiger partial charge < -0.3 is 10.1 Å². The van der Waals surface area contributed by atoms with Crippen LogP contribution in [0.15, 0.2) is 40.1 Å². The van der Waals surface area contributed by atoms with E-state index in [1.807, 2.05) is 4.98 Å². The van der Waals surface area contributed by atoms with Gasteiger partial charge in [-0.25, -0.2) is 13.6 Å². The first-order valence-corrected chi connectivity index (χ1v) is 6.55. The standard InChI is InChI=1S/C14H11F2N3O5/c15-8-1-2-10(9(16)5-8)17-12(21)7-24-13(22)6-19-4-3-11(20)18-14(19)23/h1-5H,6-7H2,(H,17,21)(H,18,20,23). The molecule has 1 aromatic heterocycles. The molecule has 1 heterocycles. The number of anilines is 1. The van der Waals surface area contributed by atoms with Crippen LogP contribution in [0.3, 0.4) is 0 Å². The van der Waals surface area contributed by atoms with Crippen molar-refractivity contribution in [3.8, 4) is 0 Å². The van der Waals surface area contributed by atoms with Gasteiger partial charge in [0, 0.05) is 18.3 Å². The van der Waals surface area contributed by atoms with E-state index in [0.29, 0.717) is 6.07 Å². The quantitative estimate of drug-likeness (QED) is 0.745. The molecule has 126 valence electrons. The van der Waals surface area contributed by atoms with Gasteiger partial charge in [-0.05, 0) is 12.1 Å². The van der Waals surface area contributed by atoms with Crippen LogP contribution in [-0.2, 0) is 20.9 Å². The lowest BCUT2D eigenvalue weighted by Crippen LogP contribution is -2.32. The van der Waals surface area contributed by atoms with E-state index in [4.69, 9.17) is 0 Å². The summed E-state index contributed by atoms with van der Waals surface area (Å²) in [5, 5.41) is 2.10. The van der Waals surface area contributed by atoms with Crippen LogP contribution in [0.25, 0.3) is 0 Å². The Morgan fingerprint density at radius 3 is 2.62 bits per heavy atom. The van der Waals surface area contributed by atoms with E-state index in [9.17, 15) is 28.0 Å². The molecule has 0 unspecified atom stereocenters. The van der Waals surface area contributed by atoms with Crippen molar-refractivity contribution < 1.29 is 23.1 Å². The van der Waals surface area contributed by atoms with Crippen LogP contribution < -0.4 is 16.6 Å². The third-order valence-electron chi connectivity index (χ3n) is 2.77. The Balaban J connectivity index is 1.88. The fraction of sp³-hybridized carbons (Fsp3) is 0.143. The number of aromatic nitrogens is 2. The van der Waals surface area contributed by atoms with Crippen LogP contribution in [0.5, 0.6) is 0 Å². The summed E-state index contributed by atoms with van der Waals surface area (Å²) in [5.41, 5.74) is -1.70. The predicted molar refractivity (Wildman–Crippen MR) is 77.3 cm³/mol. The minimum absolute atomic E-state index is 0.269. The highest BCUT2D eigenvalue weighted by Gasteiger charge is 2.12. The van der Waals surface area contributed by atoms with E-state index in [-0.39, 0.29) is 5.69 Å². The van der Waals surface area contributed by atoms with Gasteiger partial charge in [0.2, 0.25) is 0 Å². The van der Waals surface area contributed by atoms with Gasteiger partial charge in [0.25, 0.3) is 11.5 Å². The van der Waals surface area contributed by atoms with Crippen molar-refractivity contribution in [1.29, 1.82) is 0 Å². The molecule has 1 amide bonds. The van der Waals surface area contributed by atoms with E-state index in [1.165, 1.54) is 0 Å². The Kier molecular flexibility index (Phi) is 5.20. The van der Waals surface area contributed by atoms with Crippen molar-refractivity contribution in [1.82, 2.24) is 9.55 Å². The second kappa shape index (κ2) is 7.31. The van der Waals surface area contributed by atoms with E-state index in [0.717, 1.165) is 29.0 Å². The minimum atomic E-state index is -0.977. The Morgan fingerprint density at radius 1 is 1.21 bits per heavy atom. The van der Waals surface area contributed by atoms with Crippen LogP contribution in [0.2, 0.25) is 0 Å². The molecule has 0 aliphatic heterocycles. The van der Waals surface area contributed by atoms with Gasteiger partial charge in [-0.1, -0.05) is 0 Å². The number of carbonyl (C=O) groups is 2. The average Bonchev–Trinajstić information content (AvgIpc) is 2.51. The van der Waals surface area contributed by atoms with Crippen molar-refractivity contribution in [3.05, 3.63) is 62.9 Å². The summed E-state index contributed by atoms with van der Waals surface area (Å²) in [6.07, 6.45) is 1.09. The lowest BCUT2D eigenvalue weighted by atomic mass is 10.3. The van der Waals surface area contributed by atoms with Gasteiger partial charge in [0.15, 0.2) is 6.61 Å². The number of benzene rings is 1. The molecule has 2 aromatic rings. The van der Waals surface area contributed by atoms with E-state index in [1.54, 1.807) is 0 Å². The number of amides is 1. The second-order valence-corrected chi connectivity index (χ2v) is 4.57. The van der Waals surface area contributed by atoms with Crippen molar-refractivity contribution >= 4 is 17.6 Å². The molecule has 0 fully saturated rings. The summed E-state index contributed by atoms with van der Waals surface area (Å²) in [6.45, 7) is -1.25. The zero-order valence-electron chi connectivity index (χ0n) is 12.0. The number of esters is 1. The maximum absolute atomic E-state index is 13.3. The van der Waals surface area contributed by atoms with E-state index >= 15 is 0 Å². The Morgan fingerprint density at radius 2 is 1.96 bits per heavy atom. The lowest BCUT2D eigenvalue weighted by molar-refractivity contribution is -0.148. The molecule has 0 saturated carbocycles. The normalized spacial score (nSPS) is 10.2. The highest BCUT2D eigenvalue weighted by atomic mass is 19.1. The molecule has 0 bridgehead atoms. The summed E-state index contributed by atoms with van der Waals surface area (Å²) < 4.78 is 31.6. The summed E-state index contributed by atoms with van der Waals surface area (Å²) >= 11 is 0. The first kappa shape index (κ1) is 17.1. The molecular formula is C14H11F2N3O5. The van der Waals surface area contributed by atoms with Crippen LogP contribution >= 0.6 is 0 Å². The van der Waals surface area contributed by atoms with Crippen molar-refractivity contribution in [2.45, 2.75) is 6.54 Å². The van der Waals surface area contributed by atoms with Crippen LogP contribution in [0.1, 0.15) is 0 Å². The SMILES string of the molecule is O=C(COC(=O)Cn1ccc(=O)[nH]c1=O)Nc1ccc(F)cc1F. The van der Waals surface area contributed by atoms with Crippen LogP contribution in [-0.4, -0.2) is 28.0 Å². The zero-order valence-corrected chi connectivity index (χ0v) is 12.0. The van der Waals surface area contributed by atoms with E-state index < -0.39 is 47.9 Å². The van der Waals surface area contributed by atoms with Crippen molar-refractivity contribution in [3.63, 3.8) is 0 Å². The zero-order chi connectivity index (χ0) is 17.7. The number of H-pyrrole nitrogens is 1. The Bertz CT molecular complexity index is 890. The monoisotopic (exact) mass is 339 g/mol. The van der Waals surface area contributed by atoms with Gasteiger partial charge in [-0.2, -0.15) is 0 Å². The maximum atomic E-state index is 13.3. The second-order valence-electron chi connectivity index (χ2n) is 4.57. The highest BCUT2D eigenvalue weighted by Crippen LogP contribution is 2.14. The van der Waals surface area contributed by atoms with Gasteiger partial charge in [-0.15, -0.1) is 0 Å². The lowest BCUT2D eigenvalue weighted by Gasteiger charge is -2.08. The summed E-state index contributed by atoms with van der Waals surface area (Å²) in [5.74, 6) is -3.54. The van der Waals surface area contributed by atoms with Crippen molar-refractivity contribution in [2.24, 2.45) is 0 Å². The summed E-state index contributed by atoms with van der Waals surface area (Å²) in [4.78, 5) is 47.3. The number of halogens is 2. The number of rotatable bonds is 5. The van der Waals surface area contributed by atoms with Gasteiger partial charge >= 0.3 is 11.7 Å². The molecular weight excluding hydrogens is 328 g/mol. The number of hydrogen-bond acceptors (Lipinski definition) is 5. The largest absolute Gasteiger partial charge is 0.454 e. The van der Waals surface area contributed by atoms with E-state index in [2.05, 4.69) is 10.1 Å². The van der Waals surface area contributed by atoms with Gasteiger partial charge in [-0.3, -0.25) is 23.9 Å². The first-order valence-electron chi connectivity index (χ1n) is 6.55. The van der Waals surface area contributed by atoms with Gasteiger partial charge in [0.1, 0.15) is 18.2 Å². The molecule has 2 rings (SSSR count). The average molecular weight is 339 g/mol. The third-order valence-corrected chi connectivity index (χ3v) is 2.77. The molecule has 0 atom stereocenters. The van der Waals surface area contributed by atoms with Gasteiger partial charge in [0.05, 0.1) is 5.69 Å². The topological polar surface area (TPSA) is 110 Å².